The third kappa shape index (κ3) is 5.14. The van der Waals surface area contributed by atoms with E-state index in [-0.39, 0.29) is 11.9 Å². The quantitative estimate of drug-likeness (QED) is 0.866. The average molecular weight is 290 g/mol. The Kier molecular flexibility index (Phi) is 5.37. The number of hydrogen-bond acceptors (Lipinski definition) is 3. The predicted octanol–water partition coefficient (Wildman–Crippen LogP) is 1.58. The summed E-state index contributed by atoms with van der Waals surface area (Å²) in [6.45, 7) is 6.01. The van der Waals surface area contributed by atoms with Crippen LogP contribution in [0.1, 0.15) is 32.3 Å². The Morgan fingerprint density at radius 3 is 2.71 bits per heavy atom. The van der Waals surface area contributed by atoms with Gasteiger partial charge in [-0.2, -0.15) is 0 Å². The van der Waals surface area contributed by atoms with Crippen molar-refractivity contribution >= 4 is 5.91 Å². The molecule has 4 nitrogen and oxygen atoms in total. The minimum absolute atomic E-state index is 0.104. The first-order chi connectivity index (χ1) is 9.96. The SMILES string of the molecule is CC(C)(O)CCN1CCCNC(=O)C1Cc1ccccc1. The highest BCUT2D eigenvalue weighted by molar-refractivity contribution is 5.82. The van der Waals surface area contributed by atoms with Gasteiger partial charge in [-0.3, -0.25) is 9.69 Å². The maximum Gasteiger partial charge on any atom is 0.237 e. The average Bonchev–Trinajstić information content (AvgIpc) is 2.60. The molecular formula is C17H26N2O2. The van der Waals surface area contributed by atoms with Gasteiger partial charge in [0.15, 0.2) is 0 Å². The Morgan fingerprint density at radius 1 is 1.33 bits per heavy atom. The Labute approximate surface area is 127 Å². The van der Waals surface area contributed by atoms with Gasteiger partial charge in [0.1, 0.15) is 0 Å². The van der Waals surface area contributed by atoms with Crippen molar-refractivity contribution in [1.82, 2.24) is 10.2 Å². The first-order valence-electron chi connectivity index (χ1n) is 7.74. The molecule has 1 atom stereocenters. The van der Waals surface area contributed by atoms with Gasteiger partial charge in [-0.05, 0) is 38.7 Å². The zero-order chi connectivity index (χ0) is 15.3. The van der Waals surface area contributed by atoms with E-state index in [1.165, 1.54) is 5.56 Å². The van der Waals surface area contributed by atoms with Crippen molar-refractivity contribution in [1.29, 1.82) is 0 Å². The third-order valence-corrected chi connectivity index (χ3v) is 3.95. The smallest absolute Gasteiger partial charge is 0.237 e. The van der Waals surface area contributed by atoms with Gasteiger partial charge in [0.2, 0.25) is 5.91 Å². The maximum absolute atomic E-state index is 12.3. The van der Waals surface area contributed by atoms with Crippen molar-refractivity contribution in [3.05, 3.63) is 35.9 Å². The number of carbonyl (C=O) groups is 1. The van der Waals surface area contributed by atoms with Gasteiger partial charge in [-0.25, -0.2) is 0 Å². The molecule has 1 aliphatic heterocycles. The first-order valence-corrected chi connectivity index (χ1v) is 7.74. The number of carbonyl (C=O) groups excluding carboxylic acids is 1. The van der Waals surface area contributed by atoms with E-state index in [1.807, 2.05) is 32.0 Å². The van der Waals surface area contributed by atoms with Crippen LogP contribution in [0.2, 0.25) is 0 Å². The molecule has 1 aromatic carbocycles. The molecule has 2 N–H and O–H groups in total. The lowest BCUT2D eigenvalue weighted by atomic mass is 10.0. The van der Waals surface area contributed by atoms with Crippen LogP contribution in [-0.2, 0) is 11.2 Å². The summed E-state index contributed by atoms with van der Waals surface area (Å²) in [5.74, 6) is 0.104. The lowest BCUT2D eigenvalue weighted by Gasteiger charge is -2.30. The summed E-state index contributed by atoms with van der Waals surface area (Å²) in [5.41, 5.74) is 0.480. The van der Waals surface area contributed by atoms with E-state index in [2.05, 4.69) is 22.3 Å². The van der Waals surface area contributed by atoms with Crippen LogP contribution >= 0.6 is 0 Å². The number of rotatable bonds is 5. The first kappa shape index (κ1) is 16.0. The van der Waals surface area contributed by atoms with Crippen molar-refractivity contribution in [3.8, 4) is 0 Å². The third-order valence-electron chi connectivity index (χ3n) is 3.95. The van der Waals surface area contributed by atoms with Gasteiger partial charge in [0, 0.05) is 19.6 Å². The molecule has 1 heterocycles. The highest BCUT2D eigenvalue weighted by Gasteiger charge is 2.29. The van der Waals surface area contributed by atoms with Gasteiger partial charge in [0.05, 0.1) is 11.6 Å². The Hall–Kier alpha value is -1.39. The van der Waals surface area contributed by atoms with E-state index in [4.69, 9.17) is 0 Å². The monoisotopic (exact) mass is 290 g/mol. The summed E-state index contributed by atoms with van der Waals surface area (Å²) in [4.78, 5) is 14.6. The van der Waals surface area contributed by atoms with E-state index in [9.17, 15) is 9.90 Å². The van der Waals surface area contributed by atoms with Gasteiger partial charge in [-0.15, -0.1) is 0 Å². The second-order valence-electron chi connectivity index (χ2n) is 6.45. The predicted molar refractivity (Wildman–Crippen MR) is 84.0 cm³/mol. The van der Waals surface area contributed by atoms with E-state index in [0.29, 0.717) is 6.42 Å². The van der Waals surface area contributed by atoms with Crippen molar-refractivity contribution in [2.45, 2.75) is 44.8 Å². The normalized spacial score (nSPS) is 20.9. The second kappa shape index (κ2) is 7.05. The topological polar surface area (TPSA) is 52.6 Å². The van der Waals surface area contributed by atoms with E-state index >= 15 is 0 Å². The Morgan fingerprint density at radius 2 is 2.05 bits per heavy atom. The van der Waals surface area contributed by atoms with Gasteiger partial charge < -0.3 is 10.4 Å². The molecule has 2 rings (SSSR count). The van der Waals surface area contributed by atoms with Crippen molar-refractivity contribution in [2.75, 3.05) is 19.6 Å². The van der Waals surface area contributed by atoms with Crippen LogP contribution in [0.5, 0.6) is 0 Å². The zero-order valence-corrected chi connectivity index (χ0v) is 13.0. The Balaban J connectivity index is 2.08. The maximum atomic E-state index is 12.3. The molecular weight excluding hydrogens is 264 g/mol. The van der Waals surface area contributed by atoms with Crippen LogP contribution in [0.15, 0.2) is 30.3 Å². The fraction of sp³-hybridized carbons (Fsp3) is 0.588. The van der Waals surface area contributed by atoms with Crippen molar-refractivity contribution in [2.24, 2.45) is 0 Å². The molecule has 116 valence electrons. The molecule has 1 unspecified atom stereocenters. The number of nitrogens with zero attached hydrogens (tertiary/aromatic N) is 1. The van der Waals surface area contributed by atoms with Gasteiger partial charge in [0.25, 0.3) is 0 Å². The second-order valence-corrected chi connectivity index (χ2v) is 6.45. The van der Waals surface area contributed by atoms with Crippen LogP contribution in [0.3, 0.4) is 0 Å². The summed E-state index contributed by atoms with van der Waals surface area (Å²) in [7, 11) is 0. The number of benzene rings is 1. The standard InChI is InChI=1S/C17H26N2O2/c1-17(2,21)9-12-19-11-6-10-18-16(20)15(19)13-14-7-4-3-5-8-14/h3-5,7-8,15,21H,6,9-13H2,1-2H3,(H,18,20). The molecule has 1 aromatic rings. The number of amides is 1. The molecule has 0 radical (unpaired) electrons. The van der Waals surface area contributed by atoms with E-state index in [0.717, 1.165) is 32.5 Å². The summed E-state index contributed by atoms with van der Waals surface area (Å²) >= 11 is 0. The van der Waals surface area contributed by atoms with Gasteiger partial charge in [-0.1, -0.05) is 30.3 Å². The zero-order valence-electron chi connectivity index (χ0n) is 13.0. The van der Waals surface area contributed by atoms with Crippen molar-refractivity contribution < 1.29 is 9.90 Å². The van der Waals surface area contributed by atoms with Crippen LogP contribution < -0.4 is 5.32 Å². The lowest BCUT2D eigenvalue weighted by Crippen LogP contribution is -2.47. The molecule has 0 saturated carbocycles. The molecule has 1 saturated heterocycles. The van der Waals surface area contributed by atoms with Crippen LogP contribution in [-0.4, -0.2) is 47.2 Å². The molecule has 4 heteroatoms. The fourth-order valence-corrected chi connectivity index (χ4v) is 2.68. The highest BCUT2D eigenvalue weighted by atomic mass is 16.3. The largest absolute Gasteiger partial charge is 0.390 e. The van der Waals surface area contributed by atoms with E-state index in [1.54, 1.807) is 0 Å². The van der Waals surface area contributed by atoms with E-state index < -0.39 is 5.60 Å². The van der Waals surface area contributed by atoms with Crippen LogP contribution in [0.4, 0.5) is 0 Å². The molecule has 0 bridgehead atoms. The minimum Gasteiger partial charge on any atom is -0.390 e. The van der Waals surface area contributed by atoms with Crippen LogP contribution in [0, 0.1) is 0 Å². The van der Waals surface area contributed by atoms with Crippen LogP contribution in [0.25, 0.3) is 0 Å². The molecule has 1 aliphatic rings. The lowest BCUT2D eigenvalue weighted by molar-refractivity contribution is -0.125. The number of nitrogens with one attached hydrogen (secondary N) is 1. The molecule has 0 aromatic heterocycles. The number of aliphatic hydroxyl groups is 1. The molecule has 0 aliphatic carbocycles. The molecule has 0 spiro atoms. The number of hydrogen-bond donors (Lipinski definition) is 2. The summed E-state index contributed by atoms with van der Waals surface area (Å²) in [5, 5.41) is 12.9. The molecule has 1 amide bonds. The fourth-order valence-electron chi connectivity index (χ4n) is 2.68. The molecule has 21 heavy (non-hydrogen) atoms. The summed E-state index contributed by atoms with van der Waals surface area (Å²) in [6.07, 6.45) is 2.35. The van der Waals surface area contributed by atoms with Crippen molar-refractivity contribution in [3.63, 3.8) is 0 Å². The minimum atomic E-state index is -0.694. The summed E-state index contributed by atoms with van der Waals surface area (Å²) in [6, 6.07) is 9.98. The van der Waals surface area contributed by atoms with Gasteiger partial charge >= 0.3 is 0 Å². The molecule has 1 fully saturated rings. The Bertz CT molecular complexity index is 454. The highest BCUT2D eigenvalue weighted by Crippen LogP contribution is 2.16. The summed E-state index contributed by atoms with van der Waals surface area (Å²) < 4.78 is 0.